The zero-order valence-corrected chi connectivity index (χ0v) is 15.0. The van der Waals surface area contributed by atoms with Crippen molar-refractivity contribution >= 4 is 21.8 Å². The standard InChI is InChI=1S/C18H20BrN3O2/c19-16-3-5-17(6-4-16)24-14-18(23)22-10-8-21(9-11-22)13-15-2-1-7-20-12-15/h1-7,12H,8-11,13-14H2/p+1. The predicted molar refractivity (Wildman–Crippen MR) is 94.9 cm³/mol. The van der Waals surface area contributed by atoms with E-state index in [0.717, 1.165) is 37.2 Å². The number of carbonyl (C=O) groups excluding carboxylic acids is 1. The zero-order valence-electron chi connectivity index (χ0n) is 13.5. The predicted octanol–water partition coefficient (Wildman–Crippen LogP) is 1.15. The summed E-state index contributed by atoms with van der Waals surface area (Å²) < 4.78 is 6.57. The van der Waals surface area contributed by atoms with Gasteiger partial charge in [0.25, 0.3) is 5.91 Å². The minimum Gasteiger partial charge on any atom is -0.484 e. The molecular weight excluding hydrogens is 370 g/mol. The van der Waals surface area contributed by atoms with Crippen molar-refractivity contribution in [3.8, 4) is 5.75 Å². The summed E-state index contributed by atoms with van der Waals surface area (Å²) in [5, 5.41) is 0. The second kappa shape index (κ2) is 8.26. The molecule has 1 aromatic carbocycles. The van der Waals surface area contributed by atoms with E-state index >= 15 is 0 Å². The van der Waals surface area contributed by atoms with Crippen LogP contribution in [0.4, 0.5) is 0 Å². The number of carbonyl (C=O) groups is 1. The molecule has 3 rings (SSSR count). The summed E-state index contributed by atoms with van der Waals surface area (Å²) in [6.07, 6.45) is 3.71. The van der Waals surface area contributed by atoms with Gasteiger partial charge in [0.05, 0.1) is 26.2 Å². The average molecular weight is 391 g/mol. The number of amides is 1. The lowest BCUT2D eigenvalue weighted by molar-refractivity contribution is -0.917. The Kier molecular flexibility index (Phi) is 5.82. The molecule has 0 bridgehead atoms. The van der Waals surface area contributed by atoms with Crippen molar-refractivity contribution in [3.05, 3.63) is 58.8 Å². The highest BCUT2D eigenvalue weighted by molar-refractivity contribution is 9.10. The van der Waals surface area contributed by atoms with Crippen LogP contribution in [0.1, 0.15) is 5.56 Å². The van der Waals surface area contributed by atoms with Gasteiger partial charge in [-0.3, -0.25) is 9.78 Å². The third kappa shape index (κ3) is 4.79. The van der Waals surface area contributed by atoms with Crippen molar-refractivity contribution < 1.29 is 14.4 Å². The molecule has 0 radical (unpaired) electrons. The van der Waals surface area contributed by atoms with E-state index in [0.29, 0.717) is 5.75 Å². The lowest BCUT2D eigenvalue weighted by atomic mass is 10.2. The number of nitrogens with one attached hydrogen (secondary N) is 1. The average Bonchev–Trinajstić information content (AvgIpc) is 2.62. The van der Waals surface area contributed by atoms with Gasteiger partial charge in [-0.2, -0.15) is 0 Å². The molecular formula is C18H21BrN3O2+. The molecule has 126 valence electrons. The number of hydrogen-bond donors (Lipinski definition) is 1. The van der Waals surface area contributed by atoms with E-state index in [1.54, 1.807) is 6.20 Å². The minimum absolute atomic E-state index is 0.0540. The summed E-state index contributed by atoms with van der Waals surface area (Å²) >= 11 is 3.38. The highest BCUT2D eigenvalue weighted by Gasteiger charge is 2.23. The Labute approximate surface area is 150 Å². The van der Waals surface area contributed by atoms with Crippen LogP contribution in [0.15, 0.2) is 53.3 Å². The lowest BCUT2D eigenvalue weighted by Crippen LogP contribution is -3.13. The van der Waals surface area contributed by atoms with Gasteiger partial charge in [-0.15, -0.1) is 0 Å². The number of pyridine rings is 1. The number of nitrogens with zero attached hydrogens (tertiary/aromatic N) is 2. The molecule has 1 saturated heterocycles. The molecule has 6 heteroatoms. The molecule has 1 aliphatic heterocycles. The second-order valence-electron chi connectivity index (χ2n) is 5.91. The Hall–Kier alpha value is -1.92. The molecule has 1 N–H and O–H groups in total. The highest BCUT2D eigenvalue weighted by atomic mass is 79.9. The third-order valence-corrected chi connectivity index (χ3v) is 4.70. The number of aromatic nitrogens is 1. The Morgan fingerprint density at radius 3 is 2.62 bits per heavy atom. The fourth-order valence-corrected chi connectivity index (χ4v) is 3.07. The summed E-state index contributed by atoms with van der Waals surface area (Å²) in [7, 11) is 0. The van der Waals surface area contributed by atoms with Crippen LogP contribution in [0.2, 0.25) is 0 Å². The van der Waals surface area contributed by atoms with Crippen molar-refractivity contribution in [1.29, 1.82) is 0 Å². The molecule has 0 unspecified atom stereocenters. The van der Waals surface area contributed by atoms with Crippen LogP contribution in [0.3, 0.4) is 0 Å². The van der Waals surface area contributed by atoms with E-state index < -0.39 is 0 Å². The molecule has 0 aliphatic carbocycles. The van der Waals surface area contributed by atoms with E-state index in [-0.39, 0.29) is 12.5 Å². The number of rotatable bonds is 5. The monoisotopic (exact) mass is 390 g/mol. The molecule has 1 fully saturated rings. The van der Waals surface area contributed by atoms with Crippen molar-refractivity contribution in [3.63, 3.8) is 0 Å². The molecule has 24 heavy (non-hydrogen) atoms. The molecule has 0 atom stereocenters. The molecule has 1 amide bonds. The highest BCUT2D eigenvalue weighted by Crippen LogP contribution is 2.16. The molecule has 1 aliphatic rings. The van der Waals surface area contributed by atoms with Crippen LogP contribution >= 0.6 is 15.9 Å². The summed E-state index contributed by atoms with van der Waals surface area (Å²) in [6.45, 7) is 4.53. The molecule has 0 saturated carbocycles. The van der Waals surface area contributed by atoms with Crippen LogP contribution in [-0.4, -0.2) is 48.6 Å². The van der Waals surface area contributed by atoms with Gasteiger partial charge in [-0.05, 0) is 30.3 Å². The van der Waals surface area contributed by atoms with Crippen molar-refractivity contribution in [2.45, 2.75) is 6.54 Å². The Bertz CT molecular complexity index is 656. The molecule has 5 nitrogen and oxygen atoms in total. The number of hydrogen-bond acceptors (Lipinski definition) is 3. The van der Waals surface area contributed by atoms with Crippen molar-refractivity contribution in [1.82, 2.24) is 9.88 Å². The van der Waals surface area contributed by atoms with Crippen LogP contribution in [0.25, 0.3) is 0 Å². The molecule has 2 aromatic rings. The van der Waals surface area contributed by atoms with Gasteiger partial charge < -0.3 is 14.5 Å². The number of quaternary nitrogens is 1. The number of benzene rings is 1. The number of halogens is 1. The summed E-state index contributed by atoms with van der Waals surface area (Å²) in [4.78, 5) is 19.8. The van der Waals surface area contributed by atoms with Crippen molar-refractivity contribution in [2.75, 3.05) is 32.8 Å². The maximum atomic E-state index is 12.3. The number of ether oxygens (including phenoxy) is 1. The van der Waals surface area contributed by atoms with E-state index in [2.05, 4.69) is 27.0 Å². The van der Waals surface area contributed by atoms with E-state index in [1.807, 2.05) is 41.4 Å². The fourth-order valence-electron chi connectivity index (χ4n) is 2.81. The lowest BCUT2D eigenvalue weighted by Gasteiger charge is -2.32. The largest absolute Gasteiger partial charge is 0.484 e. The van der Waals surface area contributed by atoms with Gasteiger partial charge in [0.15, 0.2) is 6.61 Å². The Morgan fingerprint density at radius 2 is 1.96 bits per heavy atom. The van der Waals surface area contributed by atoms with Crippen LogP contribution in [0, 0.1) is 0 Å². The first-order chi connectivity index (χ1) is 11.7. The van der Waals surface area contributed by atoms with E-state index in [9.17, 15) is 4.79 Å². The van der Waals surface area contributed by atoms with Crippen LogP contribution in [-0.2, 0) is 11.3 Å². The smallest absolute Gasteiger partial charge is 0.260 e. The first kappa shape index (κ1) is 16.9. The maximum Gasteiger partial charge on any atom is 0.260 e. The second-order valence-corrected chi connectivity index (χ2v) is 6.83. The van der Waals surface area contributed by atoms with E-state index in [4.69, 9.17) is 4.74 Å². The Morgan fingerprint density at radius 1 is 1.21 bits per heavy atom. The molecule has 1 aromatic heterocycles. The Balaban J connectivity index is 1.42. The van der Waals surface area contributed by atoms with Gasteiger partial charge in [-0.25, -0.2) is 0 Å². The normalized spacial score (nSPS) is 15.3. The topological polar surface area (TPSA) is 46.9 Å². The van der Waals surface area contributed by atoms with Gasteiger partial charge in [-0.1, -0.05) is 22.0 Å². The van der Waals surface area contributed by atoms with Gasteiger partial charge in [0, 0.05) is 22.4 Å². The maximum absolute atomic E-state index is 12.3. The van der Waals surface area contributed by atoms with E-state index in [1.165, 1.54) is 10.5 Å². The first-order valence-electron chi connectivity index (χ1n) is 8.09. The molecule has 0 spiro atoms. The van der Waals surface area contributed by atoms with Gasteiger partial charge >= 0.3 is 0 Å². The third-order valence-electron chi connectivity index (χ3n) is 4.18. The summed E-state index contributed by atoms with van der Waals surface area (Å²) in [5.74, 6) is 0.769. The molecule has 2 heterocycles. The van der Waals surface area contributed by atoms with Gasteiger partial charge in [0.2, 0.25) is 0 Å². The van der Waals surface area contributed by atoms with Gasteiger partial charge in [0.1, 0.15) is 12.3 Å². The summed E-state index contributed by atoms with van der Waals surface area (Å²) in [5.41, 5.74) is 1.24. The summed E-state index contributed by atoms with van der Waals surface area (Å²) in [6, 6.07) is 11.6. The first-order valence-corrected chi connectivity index (χ1v) is 8.88. The van der Waals surface area contributed by atoms with Crippen molar-refractivity contribution in [2.24, 2.45) is 0 Å². The fraction of sp³-hybridized carbons (Fsp3) is 0.333. The zero-order chi connectivity index (χ0) is 16.8. The van der Waals surface area contributed by atoms with Crippen LogP contribution < -0.4 is 9.64 Å². The quantitative estimate of drug-likeness (QED) is 0.832. The SMILES string of the molecule is O=C(COc1ccc(Br)cc1)N1CC[NH+](Cc2cccnc2)CC1. The number of piperazine rings is 1. The minimum atomic E-state index is 0.0540. The van der Waals surface area contributed by atoms with Crippen LogP contribution in [0.5, 0.6) is 5.75 Å².